The summed E-state index contributed by atoms with van der Waals surface area (Å²) in [5.41, 5.74) is -0.131. The van der Waals surface area contributed by atoms with Crippen molar-refractivity contribution in [2.45, 2.75) is 4.90 Å². The van der Waals surface area contributed by atoms with E-state index < -0.39 is 26.6 Å². The lowest BCUT2D eigenvalue weighted by molar-refractivity contribution is 0.102. The Morgan fingerprint density at radius 3 is 2.39 bits per heavy atom. The van der Waals surface area contributed by atoms with Gasteiger partial charge in [-0.3, -0.25) is 4.79 Å². The number of anilines is 1. The molecule has 9 heteroatoms. The quantitative estimate of drug-likeness (QED) is 0.849. The fourth-order valence-corrected chi connectivity index (χ4v) is 2.57. The molecule has 0 aliphatic heterocycles. The molecular formula is C14H10ClF2NO4S. The van der Waals surface area contributed by atoms with Crippen LogP contribution >= 0.6 is 10.7 Å². The zero-order valence-electron chi connectivity index (χ0n) is 11.6. The van der Waals surface area contributed by atoms with E-state index in [1.165, 1.54) is 19.2 Å². The third kappa shape index (κ3) is 3.96. The standard InChI is InChI=1S/C14H10ClF2NO4S/c1-22-13-5-3-9(23(15,20)21)7-10(13)14(19)18-8-2-4-11(16)12(17)6-8/h2-7H,1H3,(H,18,19). The molecule has 2 aromatic rings. The molecule has 23 heavy (non-hydrogen) atoms. The number of hydrogen-bond acceptors (Lipinski definition) is 4. The first-order valence-corrected chi connectivity index (χ1v) is 8.42. The molecule has 2 aromatic carbocycles. The van der Waals surface area contributed by atoms with Gasteiger partial charge in [0.1, 0.15) is 5.75 Å². The first-order valence-electron chi connectivity index (χ1n) is 6.11. The second-order valence-corrected chi connectivity index (χ2v) is 6.95. The summed E-state index contributed by atoms with van der Waals surface area (Å²) in [7, 11) is 2.49. The summed E-state index contributed by atoms with van der Waals surface area (Å²) in [4.78, 5) is 11.9. The van der Waals surface area contributed by atoms with E-state index in [0.29, 0.717) is 0 Å². The van der Waals surface area contributed by atoms with Crippen molar-refractivity contribution < 1.29 is 26.7 Å². The van der Waals surface area contributed by atoms with Crippen LogP contribution in [0.25, 0.3) is 0 Å². The molecule has 0 radical (unpaired) electrons. The average molecular weight is 362 g/mol. The zero-order chi connectivity index (χ0) is 17.2. The van der Waals surface area contributed by atoms with Gasteiger partial charge in [-0.1, -0.05) is 0 Å². The molecule has 0 bridgehead atoms. The van der Waals surface area contributed by atoms with E-state index >= 15 is 0 Å². The van der Waals surface area contributed by atoms with E-state index in [4.69, 9.17) is 15.4 Å². The van der Waals surface area contributed by atoms with Gasteiger partial charge in [-0.05, 0) is 30.3 Å². The number of halogens is 3. The van der Waals surface area contributed by atoms with Crippen molar-refractivity contribution in [3.05, 3.63) is 53.6 Å². The van der Waals surface area contributed by atoms with E-state index in [2.05, 4.69) is 5.32 Å². The van der Waals surface area contributed by atoms with Crippen LogP contribution in [0.1, 0.15) is 10.4 Å². The molecule has 0 unspecified atom stereocenters. The van der Waals surface area contributed by atoms with Crippen molar-refractivity contribution in [1.82, 2.24) is 0 Å². The Morgan fingerprint density at radius 1 is 1.13 bits per heavy atom. The highest BCUT2D eigenvalue weighted by atomic mass is 35.7. The largest absolute Gasteiger partial charge is 0.496 e. The number of amides is 1. The highest BCUT2D eigenvalue weighted by Gasteiger charge is 2.18. The van der Waals surface area contributed by atoms with Crippen molar-refractivity contribution in [1.29, 1.82) is 0 Å². The minimum Gasteiger partial charge on any atom is -0.496 e. The second kappa shape index (κ2) is 6.51. The van der Waals surface area contributed by atoms with Crippen LogP contribution in [0.3, 0.4) is 0 Å². The van der Waals surface area contributed by atoms with E-state index in [-0.39, 0.29) is 21.9 Å². The molecule has 122 valence electrons. The maximum absolute atomic E-state index is 13.2. The SMILES string of the molecule is COc1ccc(S(=O)(=O)Cl)cc1C(=O)Nc1ccc(F)c(F)c1. The van der Waals surface area contributed by atoms with Crippen LogP contribution in [-0.2, 0) is 9.05 Å². The molecule has 0 saturated heterocycles. The normalized spacial score (nSPS) is 11.1. The van der Waals surface area contributed by atoms with Gasteiger partial charge in [0.25, 0.3) is 15.0 Å². The van der Waals surface area contributed by atoms with Crippen LogP contribution in [0.2, 0.25) is 0 Å². The molecule has 0 atom stereocenters. The smallest absolute Gasteiger partial charge is 0.261 e. The number of methoxy groups -OCH3 is 1. The first-order chi connectivity index (χ1) is 10.7. The van der Waals surface area contributed by atoms with Gasteiger partial charge in [0.05, 0.1) is 17.6 Å². The molecule has 0 spiro atoms. The van der Waals surface area contributed by atoms with Gasteiger partial charge >= 0.3 is 0 Å². The third-order valence-corrected chi connectivity index (χ3v) is 4.23. The van der Waals surface area contributed by atoms with E-state index in [0.717, 1.165) is 24.3 Å². The van der Waals surface area contributed by atoms with Crippen LogP contribution in [-0.4, -0.2) is 21.4 Å². The van der Waals surface area contributed by atoms with E-state index in [9.17, 15) is 22.0 Å². The molecule has 0 aromatic heterocycles. The fourth-order valence-electron chi connectivity index (χ4n) is 1.79. The number of carbonyl (C=O) groups is 1. The van der Waals surface area contributed by atoms with Crippen molar-refractivity contribution in [3.63, 3.8) is 0 Å². The van der Waals surface area contributed by atoms with Crippen LogP contribution in [0.5, 0.6) is 5.75 Å². The van der Waals surface area contributed by atoms with Gasteiger partial charge in [0.2, 0.25) is 0 Å². The van der Waals surface area contributed by atoms with Crippen molar-refractivity contribution in [2.75, 3.05) is 12.4 Å². The van der Waals surface area contributed by atoms with Crippen LogP contribution in [0.4, 0.5) is 14.5 Å². The van der Waals surface area contributed by atoms with Gasteiger partial charge in [-0.25, -0.2) is 17.2 Å². The third-order valence-electron chi connectivity index (χ3n) is 2.87. The van der Waals surface area contributed by atoms with Gasteiger partial charge in [0.15, 0.2) is 11.6 Å². The lowest BCUT2D eigenvalue weighted by atomic mass is 10.2. The Kier molecular flexibility index (Phi) is 4.86. The number of nitrogens with one attached hydrogen (secondary N) is 1. The zero-order valence-corrected chi connectivity index (χ0v) is 13.2. The predicted octanol–water partition coefficient (Wildman–Crippen LogP) is 3.15. The molecule has 1 amide bonds. The Bertz CT molecular complexity index is 871. The Balaban J connectivity index is 2.39. The molecular weight excluding hydrogens is 352 g/mol. The number of hydrogen-bond donors (Lipinski definition) is 1. The van der Waals surface area contributed by atoms with Crippen LogP contribution < -0.4 is 10.1 Å². The average Bonchev–Trinajstić information content (AvgIpc) is 2.49. The maximum atomic E-state index is 13.2. The van der Waals surface area contributed by atoms with E-state index in [1.807, 2.05) is 0 Å². The van der Waals surface area contributed by atoms with Gasteiger partial charge in [0, 0.05) is 22.4 Å². The molecule has 0 heterocycles. The summed E-state index contributed by atoms with van der Waals surface area (Å²) in [6.45, 7) is 0. The summed E-state index contributed by atoms with van der Waals surface area (Å²) < 4.78 is 53.7. The Hall–Kier alpha value is -2.19. The predicted molar refractivity (Wildman–Crippen MR) is 80.3 cm³/mol. The van der Waals surface area contributed by atoms with Crippen molar-refractivity contribution in [3.8, 4) is 5.75 Å². The summed E-state index contributed by atoms with van der Waals surface area (Å²) >= 11 is 0. The van der Waals surface area contributed by atoms with Gasteiger partial charge in [-0.15, -0.1) is 0 Å². The topological polar surface area (TPSA) is 72.5 Å². The second-order valence-electron chi connectivity index (χ2n) is 4.38. The minimum absolute atomic E-state index is 0.00455. The van der Waals surface area contributed by atoms with Gasteiger partial charge < -0.3 is 10.1 Å². The van der Waals surface area contributed by atoms with Gasteiger partial charge in [-0.2, -0.15) is 0 Å². The molecule has 5 nitrogen and oxygen atoms in total. The van der Waals surface area contributed by atoms with Crippen LogP contribution in [0.15, 0.2) is 41.3 Å². The summed E-state index contributed by atoms with van der Waals surface area (Å²) in [5, 5.41) is 2.32. The lowest BCUT2D eigenvalue weighted by Gasteiger charge is -2.10. The number of rotatable bonds is 4. The number of ether oxygens (including phenoxy) is 1. The fraction of sp³-hybridized carbons (Fsp3) is 0.0714. The highest BCUT2D eigenvalue weighted by Crippen LogP contribution is 2.25. The molecule has 0 aliphatic carbocycles. The summed E-state index contributed by atoms with van der Waals surface area (Å²) in [6, 6.07) is 6.26. The highest BCUT2D eigenvalue weighted by molar-refractivity contribution is 8.13. The molecule has 0 aliphatic rings. The summed E-state index contributed by atoms with van der Waals surface area (Å²) in [6.07, 6.45) is 0. The lowest BCUT2D eigenvalue weighted by Crippen LogP contribution is -2.14. The number of carbonyl (C=O) groups excluding carboxylic acids is 1. The monoisotopic (exact) mass is 361 g/mol. The molecule has 0 fully saturated rings. The van der Waals surface area contributed by atoms with Crippen molar-refractivity contribution in [2.24, 2.45) is 0 Å². The molecule has 1 N–H and O–H groups in total. The molecule has 2 rings (SSSR count). The molecule has 0 saturated carbocycles. The van der Waals surface area contributed by atoms with E-state index in [1.54, 1.807) is 0 Å². The van der Waals surface area contributed by atoms with Crippen molar-refractivity contribution >= 4 is 31.3 Å². The Labute approximate surface area is 135 Å². The minimum atomic E-state index is -4.04. The maximum Gasteiger partial charge on any atom is 0.261 e. The Morgan fingerprint density at radius 2 is 1.83 bits per heavy atom. The number of benzene rings is 2. The van der Waals surface area contributed by atoms with Crippen LogP contribution in [0, 0.1) is 11.6 Å². The summed E-state index contributed by atoms with van der Waals surface area (Å²) in [5.74, 6) is -2.87. The first kappa shape index (κ1) is 17.2.